The summed E-state index contributed by atoms with van der Waals surface area (Å²) < 4.78 is 13.1. The third-order valence-corrected chi connectivity index (χ3v) is 25.8. The summed E-state index contributed by atoms with van der Waals surface area (Å²) in [6.45, 7) is 3.04. The number of nitrogens with one attached hydrogen (secondary N) is 3. The van der Waals surface area contributed by atoms with E-state index in [1.165, 1.54) is 70.8 Å². The van der Waals surface area contributed by atoms with Crippen molar-refractivity contribution in [2.45, 2.75) is 207 Å². The highest BCUT2D eigenvalue weighted by Crippen LogP contribution is 2.80. The van der Waals surface area contributed by atoms with Crippen LogP contribution in [0.4, 0.5) is 0 Å². The summed E-state index contributed by atoms with van der Waals surface area (Å²) in [6.07, 6.45) is 22.1. The molecule has 13 nitrogen and oxygen atoms in total. The molecule has 5 saturated carbocycles. The molecule has 15 heteroatoms. The predicted octanol–water partition coefficient (Wildman–Crippen LogP) is 7.48. The van der Waals surface area contributed by atoms with Crippen molar-refractivity contribution in [1.82, 2.24) is 16.0 Å². The van der Waals surface area contributed by atoms with Gasteiger partial charge in [0.25, 0.3) is 0 Å². The van der Waals surface area contributed by atoms with Crippen molar-refractivity contribution in [2.24, 2.45) is 68.4 Å². The minimum absolute atomic E-state index is 0.0864. The van der Waals surface area contributed by atoms with Gasteiger partial charge in [-0.05, 0) is 175 Å². The molecule has 13 aliphatic rings. The number of esters is 1. The van der Waals surface area contributed by atoms with E-state index in [4.69, 9.17) is 20.2 Å². The zero-order valence-electron chi connectivity index (χ0n) is 44.0. The maximum Gasteiger partial charge on any atom is 0.302 e. The third kappa shape index (κ3) is 8.38. The molecule has 5 aliphatic heterocycles. The molecule has 0 aromatic heterocycles. The van der Waals surface area contributed by atoms with Crippen molar-refractivity contribution in [3.8, 4) is 23.3 Å². The van der Waals surface area contributed by atoms with Gasteiger partial charge in [0.05, 0.1) is 29.2 Å². The zero-order chi connectivity index (χ0) is 51.5. The molecular weight excluding hydrogens is 983 g/mol. The van der Waals surface area contributed by atoms with Gasteiger partial charge in [0.2, 0.25) is 0 Å². The van der Waals surface area contributed by atoms with Gasteiger partial charge in [-0.3, -0.25) is 4.79 Å². The van der Waals surface area contributed by atoms with E-state index in [1.807, 2.05) is 6.08 Å². The van der Waals surface area contributed by atoms with Gasteiger partial charge in [0, 0.05) is 71.7 Å². The van der Waals surface area contributed by atoms with Gasteiger partial charge < -0.3 is 56.7 Å². The number of aromatic hydroxyl groups is 1. The second-order valence-electron chi connectivity index (χ2n) is 26.1. The summed E-state index contributed by atoms with van der Waals surface area (Å²) in [5, 5.41) is 71.1. The maximum atomic E-state index is 13.2. The number of aliphatic hydroxyl groups is 4. The normalized spacial score (nSPS) is 46.9. The lowest BCUT2D eigenvalue weighted by Crippen LogP contribution is -2.78. The first-order chi connectivity index (χ1) is 36.2. The van der Waals surface area contributed by atoms with Crippen LogP contribution >= 0.6 is 21.6 Å². The number of benzene rings is 1. The molecule has 7 fully saturated rings. The fourth-order valence-corrected chi connectivity index (χ4v) is 23.1. The van der Waals surface area contributed by atoms with Crippen LogP contribution in [0.1, 0.15) is 159 Å². The van der Waals surface area contributed by atoms with Crippen molar-refractivity contribution in [2.75, 3.05) is 18.8 Å². The van der Waals surface area contributed by atoms with E-state index < -0.39 is 53.9 Å². The lowest BCUT2D eigenvalue weighted by atomic mass is 9.32. The SMILES string of the molecule is CC(=O)OC1CC(O)CCC23C#CC4CCCC5(CC(CCN5)Oc5cc(c(C(O)O)cc5O)CC41)C1CCC(CN1)SSCC1(CC45CCCC4C=C4CCC6CCC7CCC5C4C671)NC(N)=NC2C=CCC3O. The van der Waals surface area contributed by atoms with E-state index in [1.54, 1.807) is 11.6 Å². The summed E-state index contributed by atoms with van der Waals surface area (Å²) in [7, 11) is 4.18. The Bertz CT molecular complexity index is 2540. The monoisotopic (exact) mass is 1070 g/mol. The molecular formula is C60H83N5O8S2. The molecule has 5 heterocycles. The average Bonchev–Trinajstić information content (AvgIpc) is 3.99. The number of rotatable bonds is 2. The number of carbonyl (C=O) groups excluding carboxylic acids is 1. The van der Waals surface area contributed by atoms with Gasteiger partial charge in [-0.25, -0.2) is 4.99 Å². The molecule has 5 spiro atoms. The topological polar surface area (TPSA) is 211 Å². The fraction of sp³-hybridized carbons (Fsp3) is 0.767. The molecule has 14 rings (SSSR count). The average molecular weight is 1070 g/mol. The summed E-state index contributed by atoms with van der Waals surface area (Å²) in [5.41, 5.74) is 8.69. The summed E-state index contributed by atoms with van der Waals surface area (Å²) in [6, 6.07) is 2.69. The van der Waals surface area contributed by atoms with Gasteiger partial charge in [-0.15, -0.1) is 0 Å². The number of hydrogen-bond acceptors (Lipinski definition) is 15. The minimum atomic E-state index is -1.90. The lowest BCUT2D eigenvalue weighted by molar-refractivity contribution is -0.196. The highest BCUT2D eigenvalue weighted by atomic mass is 33.1. The number of hydrogen-bond donors (Lipinski definition) is 9. The van der Waals surface area contributed by atoms with E-state index in [0.717, 1.165) is 69.7 Å². The number of nitrogens with two attached hydrogens (primary N) is 1. The van der Waals surface area contributed by atoms with Gasteiger partial charge in [0.1, 0.15) is 12.2 Å². The van der Waals surface area contributed by atoms with Crippen LogP contribution in [0.3, 0.4) is 0 Å². The number of phenols is 1. The number of phenolic OH excluding ortho intramolecular Hbond substituents is 1. The third-order valence-electron chi connectivity index (χ3n) is 22.8. The first kappa shape index (κ1) is 51.5. The zero-order valence-corrected chi connectivity index (χ0v) is 45.7. The van der Waals surface area contributed by atoms with E-state index in [0.29, 0.717) is 59.7 Å². The van der Waals surface area contributed by atoms with Gasteiger partial charge in [-0.2, -0.15) is 0 Å². The maximum absolute atomic E-state index is 13.2. The van der Waals surface area contributed by atoms with Crippen LogP contribution in [-0.2, 0) is 16.0 Å². The number of aliphatic imine (C=N–C) groups is 1. The molecule has 0 amide bonds. The molecule has 408 valence electrons. The van der Waals surface area contributed by atoms with Crippen LogP contribution in [0.5, 0.6) is 11.5 Å². The van der Waals surface area contributed by atoms with Gasteiger partial charge in [-0.1, -0.05) is 70.1 Å². The van der Waals surface area contributed by atoms with Crippen LogP contribution in [0.2, 0.25) is 0 Å². The van der Waals surface area contributed by atoms with Crippen LogP contribution in [0, 0.1) is 69.5 Å². The van der Waals surface area contributed by atoms with Gasteiger partial charge >= 0.3 is 5.97 Å². The molecule has 10 N–H and O–H groups in total. The molecule has 75 heavy (non-hydrogen) atoms. The molecule has 19 atom stereocenters. The predicted molar refractivity (Wildman–Crippen MR) is 292 cm³/mol. The standard InChI is InChI=1S/C60H83N5O8S2/c1-34(66)72-48-28-41(67)18-23-56-22-17-35-5-3-21-58(30-42(19-24-63-58)73-49-27-37(26-44(35)48)45(54(70)71)29-47(49)68)51-16-14-43(31-62-51)75-74-33-59(65-55(61)64-50(56)7-2-8-52(56)69)32-57-20-4-6-40(57)25-36-9-10-38-11-12-39-13-15-46(57)53(36)60(38,39)59/h2,7,25,27,29,35,38-44,46,48,50-54,62-63,67-71H,3-6,8-16,18-21,23-24,26,28,30-33H2,1H3,(H3,61,64,65). The Morgan fingerprint density at radius 3 is 2.67 bits per heavy atom. The van der Waals surface area contributed by atoms with Crippen molar-refractivity contribution in [3.05, 3.63) is 47.1 Å². The Hall–Kier alpha value is -2.94. The Balaban J connectivity index is 0.980. The number of aliphatic hydroxyl groups excluding tert-OH is 3. The Morgan fingerprint density at radius 2 is 1.84 bits per heavy atom. The Labute approximate surface area is 452 Å². The molecule has 1 aromatic rings. The number of nitrogens with zero attached hydrogens (tertiary/aromatic N) is 1. The molecule has 2 saturated heterocycles. The highest BCUT2D eigenvalue weighted by Gasteiger charge is 2.77. The fourth-order valence-electron chi connectivity index (χ4n) is 20.0. The molecule has 19 unspecified atom stereocenters. The number of guanidine groups is 1. The first-order valence-electron chi connectivity index (χ1n) is 29.4. The van der Waals surface area contributed by atoms with Crippen LogP contribution in [0.25, 0.3) is 0 Å². The van der Waals surface area contributed by atoms with Crippen LogP contribution < -0.4 is 26.4 Å². The summed E-state index contributed by atoms with van der Waals surface area (Å²) >= 11 is 0. The largest absolute Gasteiger partial charge is 0.504 e. The molecule has 12 bridgehead atoms. The smallest absolute Gasteiger partial charge is 0.302 e. The number of piperidine rings is 2. The van der Waals surface area contributed by atoms with Crippen LogP contribution in [0.15, 0.2) is 40.9 Å². The quantitative estimate of drug-likeness (QED) is 0.0463. The summed E-state index contributed by atoms with van der Waals surface area (Å²) in [4.78, 5) is 18.7. The minimum Gasteiger partial charge on any atom is -0.504 e. The van der Waals surface area contributed by atoms with E-state index in [2.05, 4.69) is 61.5 Å². The Kier molecular flexibility index (Phi) is 13.5. The van der Waals surface area contributed by atoms with E-state index >= 15 is 0 Å². The Morgan fingerprint density at radius 1 is 1.00 bits per heavy atom. The van der Waals surface area contributed by atoms with E-state index in [9.17, 15) is 30.3 Å². The van der Waals surface area contributed by atoms with E-state index in [-0.39, 0.29) is 70.4 Å². The number of ether oxygens (including phenoxy) is 2. The molecule has 8 aliphatic carbocycles. The lowest BCUT2D eigenvalue weighted by Gasteiger charge is -2.74. The molecule has 0 radical (unpaired) electrons. The van der Waals surface area contributed by atoms with Crippen molar-refractivity contribution in [1.29, 1.82) is 0 Å². The van der Waals surface area contributed by atoms with Gasteiger partial charge in [0.15, 0.2) is 23.7 Å². The first-order valence-corrected chi connectivity index (χ1v) is 31.8. The number of fused-ring (bicyclic) bond motifs is 8. The van der Waals surface area contributed by atoms with Crippen LogP contribution in [-0.4, -0.2) is 109 Å². The molecule has 1 aromatic carbocycles. The number of carbonyl (C=O) groups is 1. The number of allylic oxidation sites excluding steroid dienone is 2. The van der Waals surface area contributed by atoms with Crippen molar-refractivity contribution in [3.63, 3.8) is 0 Å². The van der Waals surface area contributed by atoms with Crippen molar-refractivity contribution >= 4 is 33.5 Å². The summed E-state index contributed by atoms with van der Waals surface area (Å²) in [5.74, 6) is 10.9. The second kappa shape index (κ2) is 19.7. The highest BCUT2D eigenvalue weighted by molar-refractivity contribution is 8.77. The van der Waals surface area contributed by atoms with Crippen molar-refractivity contribution < 1.29 is 39.8 Å². The second-order valence-corrected chi connectivity index (χ2v) is 28.7.